The Balaban J connectivity index is 2.83. The van der Waals surface area contributed by atoms with Crippen molar-refractivity contribution < 1.29 is 14.2 Å². The molecule has 3 heteroatoms. The van der Waals surface area contributed by atoms with Crippen LogP contribution in [-0.4, -0.2) is 21.3 Å². The lowest BCUT2D eigenvalue weighted by molar-refractivity contribution is 0.327. The fourth-order valence-corrected chi connectivity index (χ4v) is 2.00. The number of hydrogen-bond donors (Lipinski definition) is 0. The van der Waals surface area contributed by atoms with Crippen LogP contribution in [0.5, 0.6) is 17.2 Å². The highest BCUT2D eigenvalue weighted by Crippen LogP contribution is 2.43. The highest BCUT2D eigenvalue weighted by molar-refractivity contribution is 5.93. The molecular formula is C14H16O3. The predicted molar refractivity (Wildman–Crippen MR) is 68.3 cm³/mol. The number of aryl methyl sites for hydroxylation is 1. The van der Waals surface area contributed by atoms with E-state index in [0.29, 0.717) is 17.2 Å². The molecule has 0 fully saturated rings. The second-order valence-electron chi connectivity index (χ2n) is 3.87. The molecule has 0 aliphatic rings. The van der Waals surface area contributed by atoms with Gasteiger partial charge in [0.25, 0.3) is 0 Å². The molecule has 3 nitrogen and oxygen atoms in total. The fraction of sp³-hybridized carbons (Fsp3) is 0.286. The van der Waals surface area contributed by atoms with Gasteiger partial charge in [-0.1, -0.05) is 23.8 Å². The lowest BCUT2D eigenvalue weighted by atomic mass is 10.1. The SMILES string of the molecule is COc1cc2cc(C)ccc2c(OC)c1OC. The maximum atomic E-state index is 5.43. The van der Waals surface area contributed by atoms with E-state index in [-0.39, 0.29) is 0 Å². The molecule has 2 aromatic carbocycles. The van der Waals surface area contributed by atoms with Crippen molar-refractivity contribution >= 4 is 10.8 Å². The maximum absolute atomic E-state index is 5.43. The summed E-state index contributed by atoms with van der Waals surface area (Å²) < 4.78 is 16.1. The zero-order valence-electron chi connectivity index (χ0n) is 10.5. The number of ether oxygens (including phenoxy) is 3. The van der Waals surface area contributed by atoms with Crippen LogP contribution in [0.15, 0.2) is 24.3 Å². The van der Waals surface area contributed by atoms with Crippen LogP contribution in [0.1, 0.15) is 5.56 Å². The molecule has 0 atom stereocenters. The van der Waals surface area contributed by atoms with Crippen molar-refractivity contribution in [3.05, 3.63) is 29.8 Å². The molecule has 0 amide bonds. The minimum absolute atomic E-state index is 0.631. The van der Waals surface area contributed by atoms with Crippen LogP contribution < -0.4 is 14.2 Å². The zero-order chi connectivity index (χ0) is 12.4. The first kappa shape index (κ1) is 11.6. The quantitative estimate of drug-likeness (QED) is 0.813. The molecule has 0 heterocycles. The summed E-state index contributed by atoms with van der Waals surface area (Å²) in [6.45, 7) is 2.06. The summed E-state index contributed by atoms with van der Waals surface area (Å²) >= 11 is 0. The van der Waals surface area contributed by atoms with E-state index in [1.165, 1.54) is 5.56 Å². The van der Waals surface area contributed by atoms with Crippen LogP contribution in [0.2, 0.25) is 0 Å². The largest absolute Gasteiger partial charge is 0.493 e. The second kappa shape index (κ2) is 4.53. The molecular weight excluding hydrogens is 216 g/mol. The molecule has 0 radical (unpaired) electrons. The van der Waals surface area contributed by atoms with E-state index in [4.69, 9.17) is 14.2 Å². The minimum atomic E-state index is 0.631. The van der Waals surface area contributed by atoms with Gasteiger partial charge in [-0.3, -0.25) is 0 Å². The Morgan fingerprint density at radius 3 is 2.12 bits per heavy atom. The molecule has 0 aromatic heterocycles. The Kier molecular flexibility index (Phi) is 3.09. The molecule has 0 spiro atoms. The molecule has 90 valence electrons. The van der Waals surface area contributed by atoms with Crippen LogP contribution in [0.25, 0.3) is 10.8 Å². The van der Waals surface area contributed by atoms with Gasteiger partial charge in [0.15, 0.2) is 11.5 Å². The third kappa shape index (κ3) is 1.88. The molecule has 0 saturated heterocycles. The van der Waals surface area contributed by atoms with Crippen molar-refractivity contribution in [1.29, 1.82) is 0 Å². The van der Waals surface area contributed by atoms with Gasteiger partial charge in [0.1, 0.15) is 0 Å². The molecule has 17 heavy (non-hydrogen) atoms. The topological polar surface area (TPSA) is 27.7 Å². The molecule has 0 aliphatic carbocycles. The van der Waals surface area contributed by atoms with E-state index in [1.807, 2.05) is 12.1 Å². The molecule has 0 N–H and O–H groups in total. The first-order valence-corrected chi connectivity index (χ1v) is 5.40. The van der Waals surface area contributed by atoms with Crippen molar-refractivity contribution in [3.8, 4) is 17.2 Å². The monoisotopic (exact) mass is 232 g/mol. The Morgan fingerprint density at radius 1 is 0.824 bits per heavy atom. The van der Waals surface area contributed by atoms with Crippen molar-refractivity contribution in [3.63, 3.8) is 0 Å². The predicted octanol–water partition coefficient (Wildman–Crippen LogP) is 3.17. The number of benzene rings is 2. The van der Waals surface area contributed by atoms with E-state index < -0.39 is 0 Å². The van der Waals surface area contributed by atoms with Crippen LogP contribution in [0.3, 0.4) is 0 Å². The van der Waals surface area contributed by atoms with Crippen LogP contribution in [0.4, 0.5) is 0 Å². The average molecular weight is 232 g/mol. The van der Waals surface area contributed by atoms with Gasteiger partial charge in [-0.2, -0.15) is 0 Å². The van der Waals surface area contributed by atoms with E-state index >= 15 is 0 Å². The number of methoxy groups -OCH3 is 3. The highest BCUT2D eigenvalue weighted by atomic mass is 16.5. The standard InChI is InChI=1S/C14H16O3/c1-9-5-6-11-10(7-9)8-12(15-2)14(17-4)13(11)16-3/h5-8H,1-4H3. The van der Waals surface area contributed by atoms with E-state index in [9.17, 15) is 0 Å². The van der Waals surface area contributed by atoms with Crippen LogP contribution in [-0.2, 0) is 0 Å². The molecule has 0 saturated carbocycles. The van der Waals surface area contributed by atoms with E-state index in [2.05, 4.69) is 19.1 Å². The average Bonchev–Trinajstić information content (AvgIpc) is 2.35. The summed E-state index contributed by atoms with van der Waals surface area (Å²) in [6.07, 6.45) is 0. The molecule has 0 aliphatic heterocycles. The van der Waals surface area contributed by atoms with Gasteiger partial charge in [-0.05, 0) is 18.4 Å². The van der Waals surface area contributed by atoms with E-state index in [1.54, 1.807) is 21.3 Å². The lowest BCUT2D eigenvalue weighted by Gasteiger charge is -2.14. The van der Waals surface area contributed by atoms with Gasteiger partial charge in [-0.25, -0.2) is 0 Å². The first-order chi connectivity index (χ1) is 8.21. The van der Waals surface area contributed by atoms with Crippen molar-refractivity contribution in [2.24, 2.45) is 0 Å². The summed E-state index contributed by atoms with van der Waals surface area (Å²) in [5.74, 6) is 2.02. The van der Waals surface area contributed by atoms with Gasteiger partial charge < -0.3 is 14.2 Å². The van der Waals surface area contributed by atoms with Crippen LogP contribution >= 0.6 is 0 Å². The third-order valence-electron chi connectivity index (χ3n) is 2.80. The summed E-state index contributed by atoms with van der Waals surface area (Å²) in [5.41, 5.74) is 1.20. The molecule has 2 rings (SSSR count). The number of hydrogen-bond acceptors (Lipinski definition) is 3. The number of fused-ring (bicyclic) bond motifs is 1. The van der Waals surface area contributed by atoms with Gasteiger partial charge in [0, 0.05) is 5.39 Å². The van der Waals surface area contributed by atoms with Gasteiger partial charge in [0.2, 0.25) is 5.75 Å². The Labute approximate surface area is 101 Å². The van der Waals surface area contributed by atoms with Gasteiger partial charge in [-0.15, -0.1) is 0 Å². The van der Waals surface area contributed by atoms with E-state index in [0.717, 1.165) is 10.8 Å². The van der Waals surface area contributed by atoms with Crippen molar-refractivity contribution in [2.45, 2.75) is 6.92 Å². The second-order valence-corrected chi connectivity index (χ2v) is 3.87. The molecule has 0 bridgehead atoms. The third-order valence-corrected chi connectivity index (χ3v) is 2.80. The van der Waals surface area contributed by atoms with Gasteiger partial charge in [0.05, 0.1) is 21.3 Å². The summed E-state index contributed by atoms with van der Waals surface area (Å²) in [5, 5.41) is 2.11. The summed E-state index contributed by atoms with van der Waals surface area (Å²) in [7, 11) is 4.87. The lowest BCUT2D eigenvalue weighted by Crippen LogP contribution is -1.96. The first-order valence-electron chi connectivity index (χ1n) is 5.40. The highest BCUT2D eigenvalue weighted by Gasteiger charge is 2.15. The smallest absolute Gasteiger partial charge is 0.203 e. The zero-order valence-corrected chi connectivity index (χ0v) is 10.5. The Hall–Kier alpha value is -1.90. The van der Waals surface area contributed by atoms with Crippen molar-refractivity contribution in [2.75, 3.05) is 21.3 Å². The molecule has 2 aromatic rings. The Bertz CT molecular complexity index is 547. The normalized spacial score (nSPS) is 10.4. The minimum Gasteiger partial charge on any atom is -0.493 e. The summed E-state index contributed by atoms with van der Waals surface area (Å²) in [6, 6.07) is 8.14. The number of rotatable bonds is 3. The van der Waals surface area contributed by atoms with Crippen molar-refractivity contribution in [1.82, 2.24) is 0 Å². The Morgan fingerprint density at radius 2 is 1.53 bits per heavy atom. The fourth-order valence-electron chi connectivity index (χ4n) is 2.00. The molecule has 0 unspecified atom stereocenters. The summed E-state index contributed by atoms with van der Waals surface area (Å²) in [4.78, 5) is 0. The van der Waals surface area contributed by atoms with Crippen LogP contribution in [0, 0.1) is 6.92 Å². The maximum Gasteiger partial charge on any atom is 0.203 e. The van der Waals surface area contributed by atoms with Gasteiger partial charge >= 0.3 is 0 Å².